The van der Waals surface area contributed by atoms with Crippen molar-refractivity contribution in [3.8, 4) is 0 Å². The molecular formula is C22H19ClN4O3. The summed E-state index contributed by atoms with van der Waals surface area (Å²) in [7, 11) is 0. The van der Waals surface area contributed by atoms with Gasteiger partial charge in [0.25, 0.3) is 11.7 Å². The van der Waals surface area contributed by atoms with Gasteiger partial charge in [0.15, 0.2) is 0 Å². The number of nitrogens with zero attached hydrogens (tertiary/aromatic N) is 4. The quantitative estimate of drug-likeness (QED) is 0.373. The molecule has 1 fully saturated rings. The highest BCUT2D eigenvalue weighted by atomic mass is 35.5. The Hall–Kier alpha value is -3.45. The number of halogens is 1. The summed E-state index contributed by atoms with van der Waals surface area (Å²) in [5.41, 5.74) is 1.20. The van der Waals surface area contributed by atoms with Crippen molar-refractivity contribution in [2.24, 2.45) is 0 Å². The van der Waals surface area contributed by atoms with E-state index in [4.69, 9.17) is 11.6 Å². The zero-order valence-electron chi connectivity index (χ0n) is 16.0. The number of carbonyl (C=O) groups is 2. The lowest BCUT2D eigenvalue weighted by molar-refractivity contribution is -0.139. The summed E-state index contributed by atoms with van der Waals surface area (Å²) >= 11 is 6.02. The first kappa shape index (κ1) is 19.8. The summed E-state index contributed by atoms with van der Waals surface area (Å²) in [6.45, 7) is 1.00. The molecule has 0 radical (unpaired) electrons. The number of amides is 1. The Morgan fingerprint density at radius 2 is 1.73 bits per heavy atom. The lowest BCUT2D eigenvalue weighted by Gasteiger charge is -2.25. The van der Waals surface area contributed by atoms with Gasteiger partial charge in [0.05, 0.1) is 17.9 Å². The van der Waals surface area contributed by atoms with Crippen LogP contribution in [0.5, 0.6) is 0 Å². The van der Waals surface area contributed by atoms with E-state index in [0.717, 1.165) is 0 Å². The van der Waals surface area contributed by atoms with Crippen LogP contribution in [0.1, 0.15) is 23.6 Å². The molecule has 3 aromatic rings. The van der Waals surface area contributed by atoms with Crippen LogP contribution in [0.15, 0.2) is 73.1 Å². The van der Waals surface area contributed by atoms with E-state index in [1.54, 1.807) is 48.9 Å². The number of aryl methyl sites for hydroxylation is 1. The summed E-state index contributed by atoms with van der Waals surface area (Å²) in [6, 6.07) is 9.44. The first-order chi connectivity index (χ1) is 14.6. The normalized spacial score (nSPS) is 18.2. The van der Waals surface area contributed by atoms with E-state index in [1.807, 2.05) is 10.8 Å². The number of Topliss-reactive ketones (excluding diaryl/α,β-unsaturated/α-hetero) is 1. The van der Waals surface area contributed by atoms with Gasteiger partial charge in [-0.1, -0.05) is 23.7 Å². The largest absolute Gasteiger partial charge is 0.507 e. The molecule has 0 saturated carbocycles. The van der Waals surface area contributed by atoms with Crippen LogP contribution in [0.25, 0.3) is 5.76 Å². The predicted molar refractivity (Wildman–Crippen MR) is 112 cm³/mol. The number of pyridine rings is 1. The number of aliphatic hydroxyl groups is 1. The molecule has 1 N–H and O–H groups in total. The van der Waals surface area contributed by atoms with Crippen LogP contribution in [-0.2, 0) is 16.1 Å². The number of likely N-dealkylation sites (tertiary alicyclic amines) is 1. The molecule has 1 aliphatic heterocycles. The number of imidazole rings is 1. The molecule has 1 saturated heterocycles. The van der Waals surface area contributed by atoms with Gasteiger partial charge in [0, 0.05) is 48.5 Å². The lowest BCUT2D eigenvalue weighted by atomic mass is 9.95. The van der Waals surface area contributed by atoms with Gasteiger partial charge in [0.1, 0.15) is 5.76 Å². The van der Waals surface area contributed by atoms with Crippen LogP contribution in [0.4, 0.5) is 0 Å². The van der Waals surface area contributed by atoms with E-state index in [-0.39, 0.29) is 11.3 Å². The minimum absolute atomic E-state index is 0.0659. The molecule has 7 nitrogen and oxygen atoms in total. The van der Waals surface area contributed by atoms with Gasteiger partial charge < -0.3 is 14.6 Å². The van der Waals surface area contributed by atoms with Crippen molar-refractivity contribution in [1.29, 1.82) is 0 Å². The maximum absolute atomic E-state index is 12.9. The standard InChI is InChI=1S/C22H19ClN4O3/c23-17-4-2-15(3-5-17)19-18(20(28)16-6-8-24-9-7-16)21(29)22(30)27(19)12-1-11-26-13-10-25-14-26/h2-10,13-14,19,28H,1,11-12H2. The van der Waals surface area contributed by atoms with E-state index in [1.165, 1.54) is 17.3 Å². The fraction of sp³-hybridized carbons (Fsp3) is 0.182. The number of aromatic nitrogens is 3. The monoisotopic (exact) mass is 422 g/mol. The molecule has 3 heterocycles. The third-order valence-corrected chi connectivity index (χ3v) is 5.31. The van der Waals surface area contributed by atoms with Crippen LogP contribution in [-0.4, -0.2) is 42.8 Å². The summed E-state index contributed by atoms with van der Waals surface area (Å²) in [5, 5.41) is 11.4. The van der Waals surface area contributed by atoms with Crippen molar-refractivity contribution in [2.45, 2.75) is 19.0 Å². The summed E-state index contributed by atoms with van der Waals surface area (Å²) < 4.78 is 1.91. The molecule has 1 amide bonds. The Labute approximate surface area is 178 Å². The average molecular weight is 423 g/mol. The van der Waals surface area contributed by atoms with Crippen molar-refractivity contribution in [2.75, 3.05) is 6.54 Å². The number of benzene rings is 1. The Kier molecular flexibility index (Phi) is 5.63. The Balaban J connectivity index is 1.72. The predicted octanol–water partition coefficient (Wildman–Crippen LogP) is 3.44. The van der Waals surface area contributed by atoms with Crippen molar-refractivity contribution >= 4 is 29.1 Å². The minimum atomic E-state index is -0.702. The van der Waals surface area contributed by atoms with E-state index in [9.17, 15) is 14.7 Å². The molecule has 1 atom stereocenters. The Bertz CT molecular complexity index is 1080. The van der Waals surface area contributed by atoms with Crippen molar-refractivity contribution < 1.29 is 14.7 Å². The second kappa shape index (κ2) is 8.51. The first-order valence-corrected chi connectivity index (χ1v) is 9.84. The van der Waals surface area contributed by atoms with Gasteiger partial charge in [-0.05, 0) is 36.2 Å². The molecule has 8 heteroatoms. The highest BCUT2D eigenvalue weighted by Crippen LogP contribution is 2.39. The van der Waals surface area contributed by atoms with Gasteiger partial charge in [-0.15, -0.1) is 0 Å². The number of hydrogen-bond donors (Lipinski definition) is 1. The molecule has 4 rings (SSSR count). The Morgan fingerprint density at radius 3 is 2.40 bits per heavy atom. The molecule has 0 spiro atoms. The minimum Gasteiger partial charge on any atom is -0.507 e. The number of ketones is 1. The molecule has 0 bridgehead atoms. The van der Waals surface area contributed by atoms with Crippen LogP contribution in [0.3, 0.4) is 0 Å². The molecule has 2 aromatic heterocycles. The maximum atomic E-state index is 12.9. The second-order valence-electron chi connectivity index (χ2n) is 6.93. The van der Waals surface area contributed by atoms with Crippen LogP contribution in [0.2, 0.25) is 5.02 Å². The lowest BCUT2D eigenvalue weighted by Crippen LogP contribution is -2.31. The fourth-order valence-corrected chi connectivity index (χ4v) is 3.74. The zero-order valence-corrected chi connectivity index (χ0v) is 16.7. The van der Waals surface area contributed by atoms with Gasteiger partial charge in [-0.25, -0.2) is 4.98 Å². The van der Waals surface area contributed by atoms with Gasteiger partial charge in [0.2, 0.25) is 0 Å². The Morgan fingerprint density at radius 1 is 1.00 bits per heavy atom. The zero-order chi connectivity index (χ0) is 21.1. The maximum Gasteiger partial charge on any atom is 0.295 e. The van der Waals surface area contributed by atoms with Crippen LogP contribution < -0.4 is 0 Å². The molecular weight excluding hydrogens is 404 g/mol. The van der Waals surface area contributed by atoms with Crippen molar-refractivity contribution in [3.63, 3.8) is 0 Å². The fourth-order valence-electron chi connectivity index (χ4n) is 3.61. The van der Waals surface area contributed by atoms with Gasteiger partial charge >= 0.3 is 0 Å². The molecule has 0 aliphatic carbocycles. The van der Waals surface area contributed by atoms with E-state index in [0.29, 0.717) is 35.7 Å². The molecule has 1 unspecified atom stereocenters. The number of rotatable bonds is 6. The second-order valence-corrected chi connectivity index (χ2v) is 7.37. The molecule has 1 aliphatic rings. The van der Waals surface area contributed by atoms with Crippen LogP contribution >= 0.6 is 11.6 Å². The highest BCUT2D eigenvalue weighted by molar-refractivity contribution is 6.46. The molecule has 1 aromatic carbocycles. The highest BCUT2D eigenvalue weighted by Gasteiger charge is 2.45. The number of carbonyl (C=O) groups excluding carboxylic acids is 2. The van der Waals surface area contributed by atoms with Gasteiger partial charge in [-0.2, -0.15) is 0 Å². The van der Waals surface area contributed by atoms with Gasteiger partial charge in [-0.3, -0.25) is 14.6 Å². The molecule has 30 heavy (non-hydrogen) atoms. The summed E-state index contributed by atoms with van der Waals surface area (Å²) in [4.78, 5) is 35.2. The molecule has 152 valence electrons. The van der Waals surface area contributed by atoms with E-state index < -0.39 is 17.7 Å². The first-order valence-electron chi connectivity index (χ1n) is 9.46. The third kappa shape index (κ3) is 3.84. The SMILES string of the molecule is O=C1C(=O)N(CCCn2ccnc2)C(c2ccc(Cl)cc2)C1=C(O)c1ccncc1. The van der Waals surface area contributed by atoms with Crippen molar-refractivity contribution in [3.05, 3.63) is 89.2 Å². The smallest absolute Gasteiger partial charge is 0.295 e. The van der Waals surface area contributed by atoms with Crippen LogP contribution in [0, 0.1) is 0 Å². The van der Waals surface area contributed by atoms with E-state index in [2.05, 4.69) is 9.97 Å². The van der Waals surface area contributed by atoms with E-state index >= 15 is 0 Å². The number of aliphatic hydroxyl groups excluding tert-OH is 1. The number of hydrogen-bond acceptors (Lipinski definition) is 5. The summed E-state index contributed by atoms with van der Waals surface area (Å²) in [6.07, 6.45) is 8.90. The summed E-state index contributed by atoms with van der Waals surface area (Å²) in [5.74, 6) is -1.55. The average Bonchev–Trinajstić information content (AvgIpc) is 3.37. The van der Waals surface area contributed by atoms with Crippen molar-refractivity contribution in [1.82, 2.24) is 19.4 Å². The third-order valence-electron chi connectivity index (χ3n) is 5.05. The topological polar surface area (TPSA) is 88.3 Å².